The van der Waals surface area contributed by atoms with E-state index in [0.29, 0.717) is 13.2 Å². The number of ether oxygens (including phenoxy) is 3. The quantitative estimate of drug-likeness (QED) is 0.767. The van der Waals surface area contributed by atoms with Crippen molar-refractivity contribution in [3.05, 3.63) is 23.8 Å². The number of likely N-dealkylation sites (tertiary alicyclic amines) is 1. The Balaban J connectivity index is 1.50. The van der Waals surface area contributed by atoms with Gasteiger partial charge in [-0.2, -0.15) is 0 Å². The van der Waals surface area contributed by atoms with Crippen LogP contribution in [0.15, 0.2) is 18.2 Å². The molecule has 0 aromatic heterocycles. The van der Waals surface area contributed by atoms with E-state index in [0.717, 1.165) is 43.1 Å². The molecule has 24 heavy (non-hydrogen) atoms. The molecule has 0 radical (unpaired) electrons. The average Bonchev–Trinajstić information content (AvgIpc) is 2.98. The zero-order chi connectivity index (χ0) is 16.9. The van der Waals surface area contributed by atoms with E-state index in [2.05, 4.69) is 4.90 Å². The maximum absolute atomic E-state index is 12.3. The third-order valence-electron chi connectivity index (χ3n) is 4.66. The molecule has 1 fully saturated rings. The summed E-state index contributed by atoms with van der Waals surface area (Å²) >= 11 is 0. The van der Waals surface area contributed by atoms with E-state index in [1.165, 1.54) is 6.42 Å². The molecule has 0 spiro atoms. The molecule has 1 aromatic rings. The summed E-state index contributed by atoms with van der Waals surface area (Å²) in [6.45, 7) is 8.47. The topological polar surface area (TPSA) is 51.2 Å². The van der Waals surface area contributed by atoms with Crippen molar-refractivity contribution in [1.29, 1.82) is 0 Å². The Hall–Kier alpha value is -1.95. The maximum atomic E-state index is 12.3. The van der Waals surface area contributed by atoms with Crippen LogP contribution in [0.5, 0.6) is 11.5 Å². The largest absolute Gasteiger partial charge is 0.454 e. The van der Waals surface area contributed by atoms with Crippen molar-refractivity contribution >= 4 is 6.09 Å². The maximum Gasteiger partial charge on any atom is 0.410 e. The van der Waals surface area contributed by atoms with E-state index in [9.17, 15) is 4.79 Å². The van der Waals surface area contributed by atoms with Crippen molar-refractivity contribution in [3.8, 4) is 11.5 Å². The Kier molecular flexibility index (Phi) is 5.45. The first-order valence-corrected chi connectivity index (χ1v) is 8.71. The highest BCUT2D eigenvalue weighted by atomic mass is 16.7. The van der Waals surface area contributed by atoms with Gasteiger partial charge in [-0.15, -0.1) is 0 Å². The second kappa shape index (κ2) is 7.75. The molecule has 6 nitrogen and oxygen atoms in total. The summed E-state index contributed by atoms with van der Waals surface area (Å²) in [4.78, 5) is 16.4. The lowest BCUT2D eigenvalue weighted by Gasteiger charge is -2.31. The van der Waals surface area contributed by atoms with Crippen LogP contribution in [-0.4, -0.2) is 61.5 Å². The van der Waals surface area contributed by atoms with Crippen LogP contribution >= 0.6 is 0 Å². The van der Waals surface area contributed by atoms with E-state index in [4.69, 9.17) is 14.2 Å². The number of nitrogens with zero attached hydrogens (tertiary/aromatic N) is 2. The number of carbonyl (C=O) groups excluding carboxylic acids is 1. The minimum Gasteiger partial charge on any atom is -0.454 e. The summed E-state index contributed by atoms with van der Waals surface area (Å²) in [7, 11) is 0. The first kappa shape index (κ1) is 16.9. The van der Waals surface area contributed by atoms with Crippen LogP contribution in [0.2, 0.25) is 0 Å². The van der Waals surface area contributed by atoms with Crippen LogP contribution in [0, 0.1) is 0 Å². The van der Waals surface area contributed by atoms with Gasteiger partial charge in [0, 0.05) is 19.1 Å². The molecule has 1 saturated heterocycles. The molecule has 1 aromatic carbocycles. The molecule has 1 amide bonds. The highest BCUT2D eigenvalue weighted by molar-refractivity contribution is 5.68. The van der Waals surface area contributed by atoms with Crippen LogP contribution < -0.4 is 9.47 Å². The molecule has 1 unspecified atom stereocenters. The van der Waals surface area contributed by atoms with E-state index >= 15 is 0 Å². The van der Waals surface area contributed by atoms with Gasteiger partial charge in [0.1, 0.15) is 6.61 Å². The fraction of sp³-hybridized carbons (Fsp3) is 0.611. The molecule has 6 heteroatoms. The second-order valence-electron chi connectivity index (χ2n) is 6.34. The smallest absolute Gasteiger partial charge is 0.410 e. The predicted octanol–water partition coefficient (Wildman–Crippen LogP) is 2.51. The molecule has 0 aliphatic carbocycles. The monoisotopic (exact) mass is 334 g/mol. The van der Waals surface area contributed by atoms with Crippen molar-refractivity contribution in [2.75, 3.05) is 39.6 Å². The molecule has 132 valence electrons. The van der Waals surface area contributed by atoms with E-state index < -0.39 is 0 Å². The number of likely N-dealkylation sites (N-methyl/N-ethyl adjacent to an activating group) is 1. The van der Waals surface area contributed by atoms with Gasteiger partial charge in [0.2, 0.25) is 6.79 Å². The van der Waals surface area contributed by atoms with Crippen molar-refractivity contribution in [1.82, 2.24) is 9.80 Å². The Morgan fingerprint density at radius 2 is 2.12 bits per heavy atom. The summed E-state index contributed by atoms with van der Waals surface area (Å²) in [6.07, 6.45) is 1.78. The number of fused-ring (bicyclic) bond motifs is 1. The Bertz CT molecular complexity index is 574. The van der Waals surface area contributed by atoms with Gasteiger partial charge >= 0.3 is 6.09 Å². The summed E-state index contributed by atoms with van der Waals surface area (Å²) < 4.78 is 16.2. The van der Waals surface area contributed by atoms with E-state index in [1.54, 1.807) is 4.90 Å². The lowest BCUT2D eigenvalue weighted by molar-refractivity contribution is 0.0707. The summed E-state index contributed by atoms with van der Waals surface area (Å²) in [5, 5.41) is 0. The van der Waals surface area contributed by atoms with Crippen molar-refractivity contribution in [2.24, 2.45) is 0 Å². The summed E-state index contributed by atoms with van der Waals surface area (Å²) in [6, 6.07) is 5.99. The molecule has 2 aliphatic heterocycles. The molecule has 2 aliphatic rings. The van der Waals surface area contributed by atoms with Gasteiger partial charge in [-0.05, 0) is 57.5 Å². The van der Waals surface area contributed by atoms with E-state index in [-0.39, 0.29) is 18.9 Å². The number of hydrogen-bond donors (Lipinski definition) is 0. The normalized spacial score (nSPS) is 17.2. The van der Waals surface area contributed by atoms with Crippen LogP contribution in [0.3, 0.4) is 0 Å². The van der Waals surface area contributed by atoms with Crippen LogP contribution in [0.1, 0.15) is 25.8 Å². The van der Waals surface area contributed by atoms with Gasteiger partial charge < -0.3 is 19.1 Å². The lowest BCUT2D eigenvalue weighted by Crippen LogP contribution is -2.43. The minimum atomic E-state index is -0.230. The van der Waals surface area contributed by atoms with Crippen molar-refractivity contribution in [2.45, 2.75) is 32.7 Å². The lowest BCUT2D eigenvalue weighted by atomic mass is 10.1. The number of rotatable bonds is 7. The Morgan fingerprint density at radius 3 is 2.83 bits per heavy atom. The molecule has 1 atom stereocenters. The summed E-state index contributed by atoms with van der Waals surface area (Å²) in [5.74, 6) is 1.56. The van der Waals surface area contributed by atoms with Gasteiger partial charge in [-0.25, -0.2) is 4.79 Å². The number of amides is 1. The molecule has 0 N–H and O–H groups in total. The predicted molar refractivity (Wildman–Crippen MR) is 90.5 cm³/mol. The standard InChI is InChI=1S/C18H26N2O4/c1-3-20(18(21)22-10-9-19-7-4-8-19)14(2)11-15-5-6-16-17(12-15)24-13-23-16/h5-6,12,14H,3-4,7-11,13H2,1-2H3. The number of hydrogen-bond acceptors (Lipinski definition) is 5. The third kappa shape index (κ3) is 3.93. The third-order valence-corrected chi connectivity index (χ3v) is 4.66. The first-order valence-electron chi connectivity index (χ1n) is 8.71. The van der Waals surface area contributed by atoms with Gasteiger partial charge in [0.25, 0.3) is 0 Å². The number of carbonyl (C=O) groups is 1. The molecule has 2 heterocycles. The molecule has 0 bridgehead atoms. The average molecular weight is 334 g/mol. The Morgan fingerprint density at radius 1 is 1.33 bits per heavy atom. The summed E-state index contributed by atoms with van der Waals surface area (Å²) in [5.41, 5.74) is 1.12. The van der Waals surface area contributed by atoms with Crippen LogP contribution in [-0.2, 0) is 11.2 Å². The second-order valence-corrected chi connectivity index (χ2v) is 6.34. The van der Waals surface area contributed by atoms with Gasteiger partial charge in [-0.1, -0.05) is 6.07 Å². The SMILES string of the molecule is CCN(C(=O)OCCN1CCC1)C(C)Cc1ccc2c(c1)OCO2. The first-order chi connectivity index (χ1) is 11.7. The van der Waals surface area contributed by atoms with Gasteiger partial charge in [-0.3, -0.25) is 4.90 Å². The molecular formula is C18H26N2O4. The zero-order valence-electron chi connectivity index (χ0n) is 14.5. The zero-order valence-corrected chi connectivity index (χ0v) is 14.5. The fourth-order valence-corrected chi connectivity index (χ4v) is 3.09. The molecular weight excluding hydrogens is 308 g/mol. The van der Waals surface area contributed by atoms with Crippen LogP contribution in [0.4, 0.5) is 4.79 Å². The van der Waals surface area contributed by atoms with Gasteiger partial charge in [0.15, 0.2) is 11.5 Å². The highest BCUT2D eigenvalue weighted by Gasteiger charge is 2.22. The van der Waals surface area contributed by atoms with E-state index in [1.807, 2.05) is 32.0 Å². The van der Waals surface area contributed by atoms with Crippen molar-refractivity contribution < 1.29 is 19.0 Å². The Labute approximate surface area is 143 Å². The van der Waals surface area contributed by atoms with Crippen molar-refractivity contribution in [3.63, 3.8) is 0 Å². The molecule has 3 rings (SSSR count). The van der Waals surface area contributed by atoms with Crippen LogP contribution in [0.25, 0.3) is 0 Å². The van der Waals surface area contributed by atoms with Gasteiger partial charge in [0.05, 0.1) is 0 Å². The fourth-order valence-electron chi connectivity index (χ4n) is 3.09. The highest BCUT2D eigenvalue weighted by Crippen LogP contribution is 2.33. The number of benzene rings is 1. The molecule has 0 saturated carbocycles. The minimum absolute atomic E-state index is 0.0619.